The first-order valence-electron chi connectivity index (χ1n) is 6.11. The van der Waals surface area contributed by atoms with Crippen LogP contribution in [0.2, 0.25) is 0 Å². The number of carbonyl (C=O) groups excluding carboxylic acids is 1. The maximum Gasteiger partial charge on any atom is 0.226 e. The maximum atomic E-state index is 11.8. The van der Waals surface area contributed by atoms with Gasteiger partial charge in [-0.25, -0.2) is 4.98 Å². The third-order valence-corrected chi connectivity index (χ3v) is 4.52. The number of hydrogen-bond donors (Lipinski definition) is 1. The highest BCUT2D eigenvalue weighted by Gasteiger charge is 2.23. The van der Waals surface area contributed by atoms with Crippen molar-refractivity contribution in [1.82, 2.24) is 10.3 Å². The number of rotatable bonds is 6. The zero-order chi connectivity index (χ0) is 13.8. The number of aromatic nitrogens is 1. The molecule has 102 valence electrons. The van der Waals surface area contributed by atoms with Gasteiger partial charge in [-0.3, -0.25) is 4.79 Å². The molecule has 1 rings (SSSR count). The van der Waals surface area contributed by atoms with E-state index in [1.54, 1.807) is 0 Å². The van der Waals surface area contributed by atoms with Crippen molar-refractivity contribution in [3.05, 3.63) is 16.1 Å². The second-order valence-corrected chi connectivity index (χ2v) is 6.67. The molecule has 0 unspecified atom stereocenters. The van der Waals surface area contributed by atoms with Crippen LogP contribution in [-0.4, -0.2) is 17.4 Å². The molecule has 0 saturated carbocycles. The predicted octanol–water partition coefficient (Wildman–Crippen LogP) is 3.22. The summed E-state index contributed by atoms with van der Waals surface area (Å²) in [5.41, 5.74) is 0.951. The van der Waals surface area contributed by atoms with Crippen LogP contribution in [0.3, 0.4) is 0 Å². The number of alkyl halides is 1. The molecule has 1 aromatic rings. The zero-order valence-electron chi connectivity index (χ0n) is 11.4. The minimum absolute atomic E-state index is 0.0270. The summed E-state index contributed by atoms with van der Waals surface area (Å²) in [6.07, 6.45) is 0.343. The Labute approximate surface area is 118 Å². The Bertz CT molecular complexity index is 401. The smallest absolute Gasteiger partial charge is 0.226 e. The van der Waals surface area contributed by atoms with Crippen LogP contribution in [-0.2, 0) is 17.1 Å². The quantitative estimate of drug-likeness (QED) is 0.817. The van der Waals surface area contributed by atoms with Crippen LogP contribution in [0.4, 0.5) is 0 Å². The van der Waals surface area contributed by atoms with Gasteiger partial charge in [0.2, 0.25) is 5.91 Å². The van der Waals surface area contributed by atoms with Crippen molar-refractivity contribution in [3.8, 4) is 0 Å². The number of hydrogen-bond acceptors (Lipinski definition) is 3. The molecule has 0 radical (unpaired) electrons. The number of nitrogens with one attached hydrogen (secondary N) is 1. The van der Waals surface area contributed by atoms with Gasteiger partial charge in [-0.2, -0.15) is 0 Å². The van der Waals surface area contributed by atoms with Crippen LogP contribution in [0.15, 0.2) is 5.38 Å². The third kappa shape index (κ3) is 4.58. The molecule has 1 amide bonds. The molecule has 1 heterocycles. The fraction of sp³-hybridized carbons (Fsp3) is 0.692. The minimum atomic E-state index is 0.0270. The van der Waals surface area contributed by atoms with Crippen molar-refractivity contribution < 1.29 is 4.79 Å². The van der Waals surface area contributed by atoms with Crippen LogP contribution in [0.25, 0.3) is 0 Å². The second-order valence-electron chi connectivity index (χ2n) is 5.46. The third-order valence-electron chi connectivity index (χ3n) is 3.35. The lowest BCUT2D eigenvalue weighted by molar-refractivity contribution is -0.121. The molecule has 1 N–H and O–H groups in total. The van der Waals surface area contributed by atoms with Crippen LogP contribution in [0, 0.1) is 11.3 Å². The monoisotopic (exact) mass is 288 g/mol. The van der Waals surface area contributed by atoms with E-state index in [2.05, 4.69) is 38.0 Å². The molecule has 0 aromatic carbocycles. The Kier molecular flexibility index (Phi) is 5.60. The summed E-state index contributed by atoms with van der Waals surface area (Å²) < 4.78 is 0. The normalized spacial score (nSPS) is 11.9. The maximum absolute atomic E-state index is 11.8. The van der Waals surface area contributed by atoms with E-state index >= 15 is 0 Å². The summed E-state index contributed by atoms with van der Waals surface area (Å²) in [7, 11) is 0. The van der Waals surface area contributed by atoms with Gasteiger partial charge in [0, 0.05) is 11.9 Å². The van der Waals surface area contributed by atoms with Gasteiger partial charge in [-0.1, -0.05) is 27.7 Å². The van der Waals surface area contributed by atoms with Crippen LogP contribution in [0.1, 0.15) is 38.4 Å². The highest BCUT2D eigenvalue weighted by molar-refractivity contribution is 7.09. The highest BCUT2D eigenvalue weighted by Crippen LogP contribution is 2.24. The average Bonchev–Trinajstić information content (AvgIpc) is 2.74. The van der Waals surface area contributed by atoms with Gasteiger partial charge in [0.1, 0.15) is 5.01 Å². The molecular weight excluding hydrogens is 268 g/mol. The summed E-state index contributed by atoms with van der Waals surface area (Å²) in [6.45, 7) is 9.34. The van der Waals surface area contributed by atoms with Crippen molar-refractivity contribution in [1.29, 1.82) is 0 Å². The van der Waals surface area contributed by atoms with Crippen LogP contribution < -0.4 is 5.32 Å². The predicted molar refractivity (Wildman–Crippen MR) is 77.0 cm³/mol. The first-order valence-corrected chi connectivity index (χ1v) is 7.52. The largest absolute Gasteiger partial charge is 0.355 e. The van der Waals surface area contributed by atoms with Gasteiger partial charge >= 0.3 is 0 Å². The number of thiazole rings is 1. The Hall–Kier alpha value is -0.610. The standard InChI is InChI=1S/C13H21ClN2OS/c1-9(2)13(3,4)8-15-11(17)5-12-16-10(6-14)7-18-12/h7,9H,5-6,8H2,1-4H3,(H,15,17). The van der Waals surface area contributed by atoms with Crippen LogP contribution >= 0.6 is 22.9 Å². The fourth-order valence-corrected chi connectivity index (χ4v) is 2.24. The van der Waals surface area contributed by atoms with E-state index in [1.165, 1.54) is 11.3 Å². The SMILES string of the molecule is CC(C)C(C)(C)CNC(=O)Cc1nc(CCl)cs1. The van der Waals surface area contributed by atoms with Gasteiger partial charge < -0.3 is 5.32 Å². The molecule has 0 bridgehead atoms. The summed E-state index contributed by atoms with van der Waals surface area (Å²) in [6, 6.07) is 0. The lowest BCUT2D eigenvalue weighted by Crippen LogP contribution is -2.37. The summed E-state index contributed by atoms with van der Waals surface area (Å²) in [5, 5.41) is 5.70. The first kappa shape index (κ1) is 15.4. The fourth-order valence-electron chi connectivity index (χ4n) is 1.22. The molecule has 5 heteroatoms. The van der Waals surface area contributed by atoms with Crippen LogP contribution in [0.5, 0.6) is 0 Å². The Balaban J connectivity index is 2.42. The topological polar surface area (TPSA) is 42.0 Å². The molecular formula is C13H21ClN2OS. The van der Waals surface area contributed by atoms with Gasteiger partial charge in [-0.15, -0.1) is 22.9 Å². The lowest BCUT2D eigenvalue weighted by atomic mass is 9.81. The molecule has 0 aliphatic heterocycles. The Morgan fingerprint density at radius 2 is 2.22 bits per heavy atom. The number of halogens is 1. The molecule has 1 aromatic heterocycles. The van der Waals surface area contributed by atoms with E-state index in [0.717, 1.165) is 10.7 Å². The van der Waals surface area contributed by atoms with Crippen molar-refractivity contribution in [2.45, 2.75) is 40.0 Å². The van der Waals surface area contributed by atoms with Gasteiger partial charge in [0.05, 0.1) is 18.0 Å². The van der Waals surface area contributed by atoms with Crippen molar-refractivity contribution in [2.24, 2.45) is 11.3 Å². The molecule has 0 aliphatic carbocycles. The lowest BCUT2D eigenvalue weighted by Gasteiger charge is -2.29. The molecule has 18 heavy (non-hydrogen) atoms. The molecule has 0 atom stereocenters. The van der Waals surface area contributed by atoms with Gasteiger partial charge in [0.25, 0.3) is 0 Å². The van der Waals surface area contributed by atoms with E-state index in [4.69, 9.17) is 11.6 Å². The molecule has 0 spiro atoms. The molecule has 0 saturated heterocycles. The number of amides is 1. The van der Waals surface area contributed by atoms with Gasteiger partial charge in [-0.05, 0) is 11.3 Å². The Morgan fingerprint density at radius 3 is 2.72 bits per heavy atom. The van der Waals surface area contributed by atoms with E-state index in [9.17, 15) is 4.79 Å². The van der Waals surface area contributed by atoms with Crippen molar-refractivity contribution in [2.75, 3.05) is 6.54 Å². The molecule has 0 fully saturated rings. The number of nitrogens with zero attached hydrogens (tertiary/aromatic N) is 1. The Morgan fingerprint density at radius 1 is 1.56 bits per heavy atom. The summed E-state index contributed by atoms with van der Waals surface area (Å²) in [5.74, 6) is 0.957. The average molecular weight is 289 g/mol. The van der Waals surface area contributed by atoms with E-state index < -0.39 is 0 Å². The van der Waals surface area contributed by atoms with E-state index in [1.807, 2.05) is 5.38 Å². The molecule has 0 aliphatic rings. The van der Waals surface area contributed by atoms with Crippen molar-refractivity contribution >= 4 is 28.8 Å². The van der Waals surface area contributed by atoms with Crippen molar-refractivity contribution in [3.63, 3.8) is 0 Å². The minimum Gasteiger partial charge on any atom is -0.355 e. The first-order chi connectivity index (χ1) is 8.35. The summed E-state index contributed by atoms with van der Waals surface area (Å²) in [4.78, 5) is 16.1. The highest BCUT2D eigenvalue weighted by atomic mass is 35.5. The number of carbonyl (C=O) groups is 1. The zero-order valence-corrected chi connectivity index (χ0v) is 13.0. The summed E-state index contributed by atoms with van der Waals surface area (Å²) >= 11 is 7.16. The second kappa shape index (κ2) is 6.53. The van der Waals surface area contributed by atoms with Gasteiger partial charge in [0.15, 0.2) is 0 Å². The van der Waals surface area contributed by atoms with E-state index in [-0.39, 0.29) is 11.3 Å². The molecule has 3 nitrogen and oxygen atoms in total. The van der Waals surface area contributed by atoms with E-state index in [0.29, 0.717) is 24.8 Å².